The molecule has 52 valence electrons. The first-order valence-electron chi connectivity index (χ1n) is 2.50. The van der Waals surface area contributed by atoms with Gasteiger partial charge in [0.15, 0.2) is 5.12 Å². The highest BCUT2D eigenvalue weighted by Gasteiger charge is 2.10. The molecule has 0 saturated heterocycles. The normalized spacial score (nSPS) is 12.7. The zero-order valence-corrected chi connectivity index (χ0v) is 6.20. The third-order valence-corrected chi connectivity index (χ3v) is 1.66. The standard InChI is InChI=1S/C5H9NO2S/c1-3(5(6)8)9-4(2)7/h3H,1-2H3,(H2,6,8). The SMILES string of the molecule is CC(=O)SC(C)C(N)=O. The van der Waals surface area contributed by atoms with E-state index in [4.69, 9.17) is 5.73 Å². The van der Waals surface area contributed by atoms with Crippen LogP contribution in [0.3, 0.4) is 0 Å². The molecule has 0 rings (SSSR count). The summed E-state index contributed by atoms with van der Waals surface area (Å²) in [6, 6.07) is 0. The van der Waals surface area contributed by atoms with Gasteiger partial charge < -0.3 is 5.73 Å². The van der Waals surface area contributed by atoms with Crippen molar-refractivity contribution in [2.45, 2.75) is 19.1 Å². The minimum atomic E-state index is -0.449. The molecule has 1 amide bonds. The van der Waals surface area contributed by atoms with E-state index in [9.17, 15) is 9.59 Å². The molecular weight excluding hydrogens is 138 g/mol. The predicted octanol–water partition coefficient (Wildman–Crippen LogP) is 0.140. The first-order chi connectivity index (χ1) is 4.04. The maximum Gasteiger partial charge on any atom is 0.230 e. The Balaban J connectivity index is 3.63. The lowest BCUT2D eigenvalue weighted by Crippen LogP contribution is -2.23. The van der Waals surface area contributed by atoms with Crippen LogP contribution in [-0.4, -0.2) is 16.3 Å². The van der Waals surface area contributed by atoms with E-state index in [1.165, 1.54) is 6.92 Å². The van der Waals surface area contributed by atoms with Crippen molar-refractivity contribution in [2.75, 3.05) is 0 Å². The topological polar surface area (TPSA) is 60.2 Å². The lowest BCUT2D eigenvalue weighted by Gasteiger charge is -2.00. The fourth-order valence-corrected chi connectivity index (χ4v) is 0.921. The van der Waals surface area contributed by atoms with E-state index >= 15 is 0 Å². The van der Waals surface area contributed by atoms with E-state index in [1.807, 2.05) is 0 Å². The monoisotopic (exact) mass is 147 g/mol. The zero-order chi connectivity index (χ0) is 7.44. The van der Waals surface area contributed by atoms with Crippen molar-refractivity contribution >= 4 is 22.8 Å². The molecular formula is C5H9NO2S. The summed E-state index contributed by atoms with van der Waals surface area (Å²) in [5, 5.41) is -0.483. The van der Waals surface area contributed by atoms with E-state index in [-0.39, 0.29) is 5.12 Å². The molecule has 0 saturated carbocycles. The predicted molar refractivity (Wildman–Crippen MR) is 36.9 cm³/mol. The molecule has 0 heterocycles. The Bertz CT molecular complexity index is 135. The van der Waals surface area contributed by atoms with Crippen LogP contribution in [0, 0.1) is 0 Å². The Labute approximate surface area is 58.0 Å². The van der Waals surface area contributed by atoms with Gasteiger partial charge in [0.25, 0.3) is 0 Å². The second-order valence-electron chi connectivity index (χ2n) is 1.65. The Morgan fingerprint density at radius 3 is 2.11 bits per heavy atom. The molecule has 1 unspecified atom stereocenters. The minimum absolute atomic E-state index is 0.0821. The van der Waals surface area contributed by atoms with Crippen LogP contribution in [0.2, 0.25) is 0 Å². The second kappa shape index (κ2) is 3.50. The van der Waals surface area contributed by atoms with Crippen molar-refractivity contribution in [1.29, 1.82) is 0 Å². The summed E-state index contributed by atoms with van der Waals surface area (Å²) in [4.78, 5) is 20.6. The molecule has 0 aliphatic rings. The summed E-state index contributed by atoms with van der Waals surface area (Å²) < 4.78 is 0. The van der Waals surface area contributed by atoms with Crippen LogP contribution < -0.4 is 5.73 Å². The van der Waals surface area contributed by atoms with Crippen molar-refractivity contribution in [2.24, 2.45) is 5.73 Å². The molecule has 0 aliphatic carbocycles. The second-order valence-corrected chi connectivity index (χ2v) is 3.17. The Kier molecular flexibility index (Phi) is 3.30. The van der Waals surface area contributed by atoms with Gasteiger partial charge in [-0.25, -0.2) is 0 Å². The molecule has 0 radical (unpaired) electrons. The molecule has 0 aromatic carbocycles. The van der Waals surface area contributed by atoms with Gasteiger partial charge in [0, 0.05) is 6.92 Å². The van der Waals surface area contributed by atoms with E-state index in [1.54, 1.807) is 6.92 Å². The van der Waals surface area contributed by atoms with E-state index in [0.717, 1.165) is 11.8 Å². The van der Waals surface area contributed by atoms with Crippen molar-refractivity contribution in [3.8, 4) is 0 Å². The number of carbonyl (C=O) groups excluding carboxylic acids is 2. The number of thioether (sulfide) groups is 1. The van der Waals surface area contributed by atoms with Crippen molar-refractivity contribution in [3.05, 3.63) is 0 Å². The van der Waals surface area contributed by atoms with E-state index < -0.39 is 11.2 Å². The quantitative estimate of drug-likeness (QED) is 0.604. The number of primary amides is 1. The molecule has 0 bridgehead atoms. The summed E-state index contributed by atoms with van der Waals surface area (Å²) in [5.74, 6) is -0.449. The first kappa shape index (κ1) is 8.49. The molecule has 9 heavy (non-hydrogen) atoms. The average Bonchev–Trinajstić information content (AvgIpc) is 1.63. The van der Waals surface area contributed by atoms with Gasteiger partial charge in [-0.15, -0.1) is 0 Å². The Morgan fingerprint density at radius 1 is 1.56 bits per heavy atom. The van der Waals surface area contributed by atoms with Gasteiger partial charge in [-0.2, -0.15) is 0 Å². The van der Waals surface area contributed by atoms with Crippen LogP contribution in [0.4, 0.5) is 0 Å². The molecule has 0 spiro atoms. The van der Waals surface area contributed by atoms with Gasteiger partial charge >= 0.3 is 0 Å². The lowest BCUT2D eigenvalue weighted by atomic mass is 10.5. The molecule has 0 fully saturated rings. The molecule has 3 nitrogen and oxygen atoms in total. The molecule has 2 N–H and O–H groups in total. The van der Waals surface area contributed by atoms with Crippen molar-refractivity contribution in [3.63, 3.8) is 0 Å². The third kappa shape index (κ3) is 4.02. The summed E-state index contributed by atoms with van der Waals surface area (Å²) in [7, 11) is 0. The van der Waals surface area contributed by atoms with Crippen LogP contribution in [-0.2, 0) is 9.59 Å². The zero-order valence-electron chi connectivity index (χ0n) is 5.38. The summed E-state index contributed by atoms with van der Waals surface area (Å²) in [6.07, 6.45) is 0. The maximum absolute atomic E-state index is 10.3. The van der Waals surface area contributed by atoms with E-state index in [2.05, 4.69) is 0 Å². The largest absolute Gasteiger partial charge is 0.369 e. The molecule has 4 heteroatoms. The number of carbonyl (C=O) groups is 2. The summed E-state index contributed by atoms with van der Waals surface area (Å²) in [5.41, 5.74) is 4.87. The number of rotatable bonds is 2. The fourth-order valence-electron chi connectivity index (χ4n) is 0.307. The van der Waals surface area contributed by atoms with E-state index in [0.29, 0.717) is 0 Å². The first-order valence-corrected chi connectivity index (χ1v) is 3.38. The van der Waals surface area contributed by atoms with Crippen LogP contribution in [0.1, 0.15) is 13.8 Å². The smallest absolute Gasteiger partial charge is 0.230 e. The van der Waals surface area contributed by atoms with Gasteiger partial charge in [0.05, 0.1) is 5.25 Å². The Morgan fingerprint density at radius 2 is 2.00 bits per heavy atom. The van der Waals surface area contributed by atoms with Crippen molar-refractivity contribution in [1.82, 2.24) is 0 Å². The Hall–Kier alpha value is -0.510. The van der Waals surface area contributed by atoms with Gasteiger partial charge in [0.2, 0.25) is 5.91 Å². The summed E-state index contributed by atoms with van der Waals surface area (Å²) >= 11 is 0.949. The third-order valence-electron chi connectivity index (χ3n) is 0.743. The number of hydrogen-bond donors (Lipinski definition) is 1. The van der Waals surface area contributed by atoms with Gasteiger partial charge in [0.1, 0.15) is 0 Å². The highest BCUT2D eigenvalue weighted by Crippen LogP contribution is 2.09. The van der Waals surface area contributed by atoms with Gasteiger partial charge in [-0.1, -0.05) is 11.8 Å². The maximum atomic E-state index is 10.3. The van der Waals surface area contributed by atoms with Gasteiger partial charge in [-0.05, 0) is 6.92 Å². The molecule has 0 aromatic heterocycles. The molecule has 0 aromatic rings. The fraction of sp³-hybridized carbons (Fsp3) is 0.600. The van der Waals surface area contributed by atoms with Crippen LogP contribution >= 0.6 is 11.8 Å². The van der Waals surface area contributed by atoms with Crippen molar-refractivity contribution < 1.29 is 9.59 Å². The summed E-state index contributed by atoms with van der Waals surface area (Å²) in [6.45, 7) is 3.01. The van der Waals surface area contributed by atoms with Crippen LogP contribution in [0.25, 0.3) is 0 Å². The average molecular weight is 147 g/mol. The van der Waals surface area contributed by atoms with Gasteiger partial charge in [-0.3, -0.25) is 9.59 Å². The number of hydrogen-bond acceptors (Lipinski definition) is 3. The van der Waals surface area contributed by atoms with Crippen LogP contribution in [0.15, 0.2) is 0 Å². The highest BCUT2D eigenvalue weighted by molar-refractivity contribution is 8.14. The highest BCUT2D eigenvalue weighted by atomic mass is 32.2. The lowest BCUT2D eigenvalue weighted by molar-refractivity contribution is -0.117. The molecule has 0 aliphatic heterocycles. The molecule has 1 atom stereocenters. The minimum Gasteiger partial charge on any atom is -0.369 e. The number of nitrogens with two attached hydrogens (primary N) is 1. The van der Waals surface area contributed by atoms with Crippen LogP contribution in [0.5, 0.6) is 0 Å². The number of amides is 1.